The number of carbonyl (C=O) groups is 1. The van der Waals surface area contributed by atoms with Crippen molar-refractivity contribution in [2.45, 2.75) is 38.6 Å². The predicted octanol–water partition coefficient (Wildman–Crippen LogP) is 3.98. The zero-order valence-electron chi connectivity index (χ0n) is 12.8. The first-order chi connectivity index (χ1) is 10.7. The third kappa shape index (κ3) is 2.17. The van der Waals surface area contributed by atoms with Crippen LogP contribution in [-0.2, 0) is 17.6 Å². The molecule has 22 heavy (non-hydrogen) atoms. The summed E-state index contributed by atoms with van der Waals surface area (Å²) in [6, 6.07) is 12.2. The van der Waals surface area contributed by atoms with Gasteiger partial charge in [0.05, 0.1) is 0 Å². The van der Waals surface area contributed by atoms with E-state index in [0.29, 0.717) is 0 Å². The Kier molecular flexibility index (Phi) is 3.14. The molecule has 1 aliphatic carbocycles. The van der Waals surface area contributed by atoms with Gasteiger partial charge in [-0.1, -0.05) is 29.8 Å². The van der Waals surface area contributed by atoms with Crippen LogP contribution in [0.25, 0.3) is 0 Å². The molecule has 112 valence electrons. The van der Waals surface area contributed by atoms with E-state index in [1.807, 2.05) is 12.1 Å². The monoisotopic (exact) mass is 292 g/mol. The van der Waals surface area contributed by atoms with E-state index >= 15 is 0 Å². The van der Waals surface area contributed by atoms with Gasteiger partial charge < -0.3 is 10.6 Å². The number of benzene rings is 2. The summed E-state index contributed by atoms with van der Waals surface area (Å²) in [5.41, 5.74) is 7.10. The lowest BCUT2D eigenvalue weighted by Crippen LogP contribution is -2.21. The molecule has 0 aromatic heterocycles. The quantitative estimate of drug-likeness (QED) is 0.879. The Morgan fingerprint density at radius 1 is 1.14 bits per heavy atom. The van der Waals surface area contributed by atoms with Crippen LogP contribution >= 0.6 is 0 Å². The fourth-order valence-corrected chi connectivity index (χ4v) is 3.60. The van der Waals surface area contributed by atoms with E-state index in [2.05, 4.69) is 41.8 Å². The van der Waals surface area contributed by atoms with Gasteiger partial charge >= 0.3 is 0 Å². The van der Waals surface area contributed by atoms with Gasteiger partial charge in [0.2, 0.25) is 0 Å². The second-order valence-electron chi connectivity index (χ2n) is 6.31. The zero-order chi connectivity index (χ0) is 15.1. The van der Waals surface area contributed by atoms with Gasteiger partial charge in [0.15, 0.2) is 0 Å². The molecule has 0 spiro atoms. The van der Waals surface area contributed by atoms with E-state index in [-0.39, 0.29) is 11.9 Å². The molecule has 0 bridgehead atoms. The predicted molar refractivity (Wildman–Crippen MR) is 89.3 cm³/mol. The van der Waals surface area contributed by atoms with Crippen molar-refractivity contribution in [3.8, 4) is 0 Å². The molecule has 4 rings (SSSR count). The first-order valence-electron chi connectivity index (χ1n) is 8.01. The summed E-state index contributed by atoms with van der Waals surface area (Å²) in [6.07, 6.45) is 4.76. The van der Waals surface area contributed by atoms with Gasteiger partial charge in [-0.2, -0.15) is 0 Å². The molecule has 1 heterocycles. The van der Waals surface area contributed by atoms with Gasteiger partial charge in [-0.15, -0.1) is 0 Å². The molecule has 0 radical (unpaired) electrons. The summed E-state index contributed by atoms with van der Waals surface area (Å²) in [7, 11) is 0. The Bertz CT molecular complexity index is 751. The molecule has 0 fully saturated rings. The zero-order valence-corrected chi connectivity index (χ0v) is 12.8. The Morgan fingerprint density at radius 3 is 2.91 bits per heavy atom. The average molecular weight is 292 g/mol. The van der Waals surface area contributed by atoms with Crippen LogP contribution < -0.4 is 10.6 Å². The molecule has 3 nitrogen and oxygen atoms in total. The molecule has 3 heteroatoms. The molecular weight excluding hydrogens is 272 g/mol. The molecule has 2 aromatic rings. The summed E-state index contributed by atoms with van der Waals surface area (Å²) in [5.74, 6) is 0.0361. The van der Waals surface area contributed by atoms with Gasteiger partial charge in [0, 0.05) is 16.9 Å². The molecule has 1 atom stereocenters. The van der Waals surface area contributed by atoms with Gasteiger partial charge in [0.25, 0.3) is 5.91 Å². The minimum absolute atomic E-state index is 0.0361. The van der Waals surface area contributed by atoms with Crippen molar-refractivity contribution in [2.75, 3.05) is 10.6 Å². The molecule has 1 aliphatic heterocycles. The van der Waals surface area contributed by atoms with Crippen molar-refractivity contribution in [1.82, 2.24) is 0 Å². The molecule has 2 aliphatic rings. The van der Waals surface area contributed by atoms with E-state index in [1.165, 1.54) is 29.5 Å². The lowest BCUT2D eigenvalue weighted by atomic mass is 9.90. The fraction of sp³-hybridized carbons (Fsp3) is 0.316. The van der Waals surface area contributed by atoms with Crippen molar-refractivity contribution in [3.05, 3.63) is 58.7 Å². The van der Waals surface area contributed by atoms with Crippen molar-refractivity contribution in [3.63, 3.8) is 0 Å². The maximum Gasteiger partial charge on any atom is 0.251 e. The van der Waals surface area contributed by atoms with Crippen LogP contribution in [-0.4, -0.2) is 5.91 Å². The number of rotatable bonds is 2. The van der Waals surface area contributed by atoms with E-state index in [0.717, 1.165) is 29.8 Å². The smallest absolute Gasteiger partial charge is 0.251 e. The minimum atomic E-state index is -0.289. The summed E-state index contributed by atoms with van der Waals surface area (Å²) in [5, 5.41) is 6.46. The number of fused-ring (bicyclic) bond motifs is 2. The highest BCUT2D eigenvalue weighted by atomic mass is 16.2. The Morgan fingerprint density at radius 2 is 2.00 bits per heavy atom. The highest BCUT2D eigenvalue weighted by Gasteiger charge is 2.31. The summed E-state index contributed by atoms with van der Waals surface area (Å²) >= 11 is 0. The van der Waals surface area contributed by atoms with Crippen LogP contribution in [0.5, 0.6) is 0 Å². The molecule has 0 saturated carbocycles. The maximum absolute atomic E-state index is 12.3. The molecule has 2 N–H and O–H groups in total. The lowest BCUT2D eigenvalue weighted by molar-refractivity contribution is -0.116. The van der Waals surface area contributed by atoms with Gasteiger partial charge in [-0.3, -0.25) is 4.79 Å². The largest absolute Gasteiger partial charge is 0.370 e. The molecular formula is C19H20N2O. The minimum Gasteiger partial charge on any atom is -0.370 e. The fourth-order valence-electron chi connectivity index (χ4n) is 3.60. The SMILES string of the molecule is Cc1ccc2c(c1)C(Nc1cccc3c1CCCC3)C(=O)N2. The van der Waals surface area contributed by atoms with Gasteiger partial charge in [-0.25, -0.2) is 0 Å². The number of carbonyl (C=O) groups excluding carboxylic acids is 1. The summed E-state index contributed by atoms with van der Waals surface area (Å²) in [4.78, 5) is 12.3. The van der Waals surface area contributed by atoms with Crippen LogP contribution in [0.4, 0.5) is 11.4 Å². The molecule has 1 amide bonds. The maximum atomic E-state index is 12.3. The second kappa shape index (κ2) is 5.16. The number of anilines is 2. The van der Waals surface area contributed by atoms with Crippen LogP contribution in [0.1, 0.15) is 41.1 Å². The van der Waals surface area contributed by atoms with Crippen molar-refractivity contribution >= 4 is 17.3 Å². The van der Waals surface area contributed by atoms with Crippen molar-refractivity contribution < 1.29 is 4.79 Å². The van der Waals surface area contributed by atoms with Crippen molar-refractivity contribution in [2.24, 2.45) is 0 Å². The van der Waals surface area contributed by atoms with E-state index in [1.54, 1.807) is 0 Å². The number of aryl methyl sites for hydroxylation is 2. The number of hydrogen-bond donors (Lipinski definition) is 2. The highest BCUT2D eigenvalue weighted by Crippen LogP contribution is 2.36. The Labute approximate surface area is 130 Å². The number of hydrogen-bond acceptors (Lipinski definition) is 2. The second-order valence-corrected chi connectivity index (χ2v) is 6.31. The third-order valence-corrected chi connectivity index (χ3v) is 4.73. The van der Waals surface area contributed by atoms with Crippen LogP contribution in [0.3, 0.4) is 0 Å². The molecule has 2 aromatic carbocycles. The first-order valence-corrected chi connectivity index (χ1v) is 8.01. The summed E-state index contributed by atoms with van der Waals surface area (Å²) in [6.45, 7) is 2.06. The number of nitrogens with one attached hydrogen (secondary N) is 2. The van der Waals surface area contributed by atoms with Crippen molar-refractivity contribution in [1.29, 1.82) is 0 Å². The highest BCUT2D eigenvalue weighted by molar-refractivity contribution is 6.04. The standard InChI is InChI=1S/C19H20N2O/c1-12-9-10-17-15(11-12)18(19(22)21-17)20-16-8-4-6-13-5-2-3-7-14(13)16/h4,6,8-11,18,20H,2-3,5,7H2,1H3,(H,21,22). The van der Waals surface area contributed by atoms with Crippen LogP contribution in [0.15, 0.2) is 36.4 Å². The van der Waals surface area contributed by atoms with E-state index in [4.69, 9.17) is 0 Å². The van der Waals surface area contributed by atoms with E-state index < -0.39 is 0 Å². The van der Waals surface area contributed by atoms with Gasteiger partial charge in [0.1, 0.15) is 6.04 Å². The normalized spacial score (nSPS) is 19.3. The van der Waals surface area contributed by atoms with Crippen LogP contribution in [0, 0.1) is 6.92 Å². The van der Waals surface area contributed by atoms with Gasteiger partial charge in [-0.05, 0) is 55.9 Å². The number of amides is 1. The van der Waals surface area contributed by atoms with Crippen LogP contribution in [0.2, 0.25) is 0 Å². The summed E-state index contributed by atoms with van der Waals surface area (Å²) < 4.78 is 0. The third-order valence-electron chi connectivity index (χ3n) is 4.73. The average Bonchev–Trinajstić information content (AvgIpc) is 2.83. The topological polar surface area (TPSA) is 41.1 Å². The van der Waals surface area contributed by atoms with E-state index in [9.17, 15) is 4.79 Å². The Balaban J connectivity index is 1.70. The lowest BCUT2D eigenvalue weighted by Gasteiger charge is -2.22. The molecule has 0 saturated heterocycles. The molecule has 1 unspecified atom stereocenters. The Hall–Kier alpha value is -2.29. The first kappa shape index (κ1) is 13.4.